The third kappa shape index (κ3) is 5.68. The molecule has 2 rings (SSSR count). The highest BCUT2D eigenvalue weighted by atomic mass is 32.2. The number of rotatable bonds is 7. The molecular weight excluding hydrogens is 388 g/mol. The number of nitrogens with zero attached hydrogens (tertiary/aromatic N) is 1. The van der Waals surface area contributed by atoms with Crippen LogP contribution in [0.1, 0.15) is 12.8 Å². The average Bonchev–Trinajstić information content (AvgIpc) is 2.56. The Labute approximate surface area is 153 Å². The summed E-state index contributed by atoms with van der Waals surface area (Å²) in [6, 6.07) is 5.30. The molecule has 0 unspecified atom stereocenters. The first kappa shape index (κ1) is 20.7. The average molecular weight is 404 g/mol. The summed E-state index contributed by atoms with van der Waals surface area (Å²) in [5.41, 5.74) is -0.289. The van der Waals surface area contributed by atoms with Gasteiger partial charge in [0.2, 0.25) is 15.9 Å². The largest absolute Gasteiger partial charge is 0.324 e. The van der Waals surface area contributed by atoms with Gasteiger partial charge in [0.25, 0.3) is 0 Å². The zero-order chi connectivity index (χ0) is 20.2. The number of anilines is 2. The van der Waals surface area contributed by atoms with Crippen LogP contribution in [0.5, 0.6) is 0 Å². The molecule has 0 aliphatic heterocycles. The third-order valence-corrected chi connectivity index (χ3v) is 4.76. The number of benzene rings is 2. The molecule has 0 atom stereocenters. The lowest BCUT2D eigenvalue weighted by atomic mass is 10.2. The molecule has 0 bridgehead atoms. The van der Waals surface area contributed by atoms with Crippen LogP contribution >= 0.6 is 0 Å². The molecule has 2 aromatic carbocycles. The molecule has 0 radical (unpaired) electrons. The van der Waals surface area contributed by atoms with Gasteiger partial charge in [0.05, 0.1) is 17.6 Å². The van der Waals surface area contributed by atoms with E-state index in [-0.39, 0.29) is 30.8 Å². The van der Waals surface area contributed by atoms with Crippen molar-refractivity contribution in [2.24, 2.45) is 0 Å². The first-order valence-corrected chi connectivity index (χ1v) is 9.60. The van der Waals surface area contributed by atoms with Crippen LogP contribution in [0.4, 0.5) is 28.9 Å². The maximum atomic E-state index is 13.5. The maximum absolute atomic E-state index is 13.5. The number of amides is 1. The van der Waals surface area contributed by atoms with E-state index in [4.69, 9.17) is 0 Å². The highest BCUT2D eigenvalue weighted by molar-refractivity contribution is 7.92. The number of hydrogen-bond acceptors (Lipinski definition) is 3. The van der Waals surface area contributed by atoms with Gasteiger partial charge in [0.15, 0.2) is 11.6 Å². The molecule has 5 nitrogen and oxygen atoms in total. The molecule has 0 fully saturated rings. The van der Waals surface area contributed by atoms with E-state index in [2.05, 4.69) is 5.32 Å². The van der Waals surface area contributed by atoms with E-state index in [1.165, 1.54) is 0 Å². The van der Waals surface area contributed by atoms with Crippen molar-refractivity contribution in [2.75, 3.05) is 22.4 Å². The minimum atomic E-state index is -3.81. The Kier molecular flexibility index (Phi) is 6.42. The Hall–Kier alpha value is -2.62. The minimum absolute atomic E-state index is 0.0285. The Morgan fingerprint density at radius 1 is 1.00 bits per heavy atom. The molecule has 146 valence electrons. The first-order chi connectivity index (χ1) is 12.6. The van der Waals surface area contributed by atoms with Gasteiger partial charge in [-0.15, -0.1) is 0 Å². The van der Waals surface area contributed by atoms with Crippen LogP contribution in [0, 0.1) is 23.3 Å². The highest BCUT2D eigenvalue weighted by Gasteiger charge is 2.19. The molecule has 0 saturated heterocycles. The number of carbonyl (C=O) groups excluding carboxylic acids is 1. The summed E-state index contributed by atoms with van der Waals surface area (Å²) in [4.78, 5) is 11.9. The third-order valence-electron chi connectivity index (χ3n) is 3.56. The van der Waals surface area contributed by atoms with Crippen LogP contribution in [-0.4, -0.2) is 27.1 Å². The van der Waals surface area contributed by atoms with Gasteiger partial charge < -0.3 is 5.32 Å². The zero-order valence-corrected chi connectivity index (χ0v) is 15.0. The smallest absolute Gasteiger partial charge is 0.232 e. The lowest BCUT2D eigenvalue weighted by Gasteiger charge is -2.22. The molecule has 0 heterocycles. The molecule has 0 aliphatic carbocycles. The van der Waals surface area contributed by atoms with Gasteiger partial charge in [0.1, 0.15) is 11.6 Å². The van der Waals surface area contributed by atoms with Crippen molar-refractivity contribution in [1.82, 2.24) is 0 Å². The number of carbonyl (C=O) groups is 1. The number of halogens is 4. The van der Waals surface area contributed by atoms with E-state index >= 15 is 0 Å². The summed E-state index contributed by atoms with van der Waals surface area (Å²) in [5.74, 6) is -4.67. The van der Waals surface area contributed by atoms with Crippen molar-refractivity contribution in [3.05, 3.63) is 59.7 Å². The molecule has 2 aromatic rings. The van der Waals surface area contributed by atoms with Gasteiger partial charge in [-0.05, 0) is 30.7 Å². The van der Waals surface area contributed by atoms with Crippen LogP contribution in [0.25, 0.3) is 0 Å². The summed E-state index contributed by atoms with van der Waals surface area (Å²) < 4.78 is 77.4. The van der Waals surface area contributed by atoms with Gasteiger partial charge in [-0.2, -0.15) is 0 Å². The molecule has 1 N–H and O–H groups in total. The Bertz CT molecular complexity index is 951. The minimum Gasteiger partial charge on any atom is -0.324 e. The van der Waals surface area contributed by atoms with Crippen molar-refractivity contribution in [3.63, 3.8) is 0 Å². The standard InChI is InChI=1S/C17H16F4N2O3S/c1-27(25,26)23(12-5-6-13(19)14(20)10-12)8-2-3-17(24)22-16-7-4-11(18)9-15(16)21/h4-7,9-10H,2-3,8H2,1H3,(H,22,24). The van der Waals surface area contributed by atoms with E-state index < -0.39 is 39.2 Å². The van der Waals surface area contributed by atoms with Gasteiger partial charge in [-0.25, -0.2) is 26.0 Å². The summed E-state index contributed by atoms with van der Waals surface area (Å²) in [5, 5.41) is 2.25. The summed E-state index contributed by atoms with van der Waals surface area (Å²) in [6.45, 7) is -0.177. The van der Waals surface area contributed by atoms with E-state index in [1.54, 1.807) is 0 Å². The van der Waals surface area contributed by atoms with E-state index in [0.29, 0.717) is 6.07 Å². The van der Waals surface area contributed by atoms with Gasteiger partial charge >= 0.3 is 0 Å². The van der Waals surface area contributed by atoms with Crippen molar-refractivity contribution in [1.29, 1.82) is 0 Å². The van der Waals surface area contributed by atoms with Crippen LogP contribution < -0.4 is 9.62 Å². The highest BCUT2D eigenvalue weighted by Crippen LogP contribution is 2.21. The summed E-state index contributed by atoms with van der Waals surface area (Å²) in [6.07, 6.45) is 0.745. The molecule has 1 amide bonds. The van der Waals surface area contributed by atoms with Crippen LogP contribution in [0.2, 0.25) is 0 Å². The van der Waals surface area contributed by atoms with Crippen LogP contribution in [0.15, 0.2) is 36.4 Å². The van der Waals surface area contributed by atoms with Crippen molar-refractivity contribution < 1.29 is 30.8 Å². The predicted molar refractivity (Wildman–Crippen MR) is 92.8 cm³/mol. The number of hydrogen-bond donors (Lipinski definition) is 1. The second-order valence-corrected chi connectivity index (χ2v) is 7.62. The quantitative estimate of drug-likeness (QED) is 0.719. The number of nitrogens with one attached hydrogen (secondary N) is 1. The fourth-order valence-corrected chi connectivity index (χ4v) is 3.27. The topological polar surface area (TPSA) is 66.5 Å². The van der Waals surface area contributed by atoms with E-state index in [9.17, 15) is 30.8 Å². The van der Waals surface area contributed by atoms with E-state index in [1.807, 2.05) is 0 Å². The fourth-order valence-electron chi connectivity index (χ4n) is 2.31. The predicted octanol–water partition coefficient (Wildman–Crippen LogP) is 3.43. The van der Waals surface area contributed by atoms with E-state index in [0.717, 1.165) is 40.9 Å². The molecule has 0 aromatic heterocycles. The monoisotopic (exact) mass is 404 g/mol. The molecular formula is C17H16F4N2O3S. The Balaban J connectivity index is 2.01. The molecule has 27 heavy (non-hydrogen) atoms. The summed E-state index contributed by atoms with van der Waals surface area (Å²) >= 11 is 0. The second-order valence-electron chi connectivity index (χ2n) is 5.71. The lowest BCUT2D eigenvalue weighted by Crippen LogP contribution is -2.31. The van der Waals surface area contributed by atoms with Gasteiger partial charge in [0, 0.05) is 25.1 Å². The maximum Gasteiger partial charge on any atom is 0.232 e. The van der Waals surface area contributed by atoms with Crippen LogP contribution in [0.3, 0.4) is 0 Å². The Morgan fingerprint density at radius 3 is 2.30 bits per heavy atom. The summed E-state index contributed by atoms with van der Waals surface area (Å²) in [7, 11) is -3.81. The van der Waals surface area contributed by atoms with Gasteiger partial charge in [-0.3, -0.25) is 9.10 Å². The SMILES string of the molecule is CS(=O)(=O)N(CCCC(=O)Nc1ccc(F)cc1F)c1ccc(F)c(F)c1. The molecule has 0 spiro atoms. The molecule has 0 saturated carbocycles. The second kappa shape index (κ2) is 8.38. The lowest BCUT2D eigenvalue weighted by molar-refractivity contribution is -0.116. The van der Waals surface area contributed by atoms with Crippen molar-refractivity contribution in [3.8, 4) is 0 Å². The van der Waals surface area contributed by atoms with Gasteiger partial charge in [-0.1, -0.05) is 0 Å². The molecule has 10 heteroatoms. The van der Waals surface area contributed by atoms with Crippen LogP contribution in [-0.2, 0) is 14.8 Å². The first-order valence-electron chi connectivity index (χ1n) is 7.75. The van der Waals surface area contributed by atoms with Crippen molar-refractivity contribution in [2.45, 2.75) is 12.8 Å². The zero-order valence-electron chi connectivity index (χ0n) is 14.2. The number of sulfonamides is 1. The Morgan fingerprint density at radius 2 is 1.70 bits per heavy atom. The fraction of sp³-hybridized carbons (Fsp3) is 0.235. The normalized spacial score (nSPS) is 11.3. The van der Waals surface area contributed by atoms with Crippen molar-refractivity contribution >= 4 is 27.3 Å². The molecule has 0 aliphatic rings.